The summed E-state index contributed by atoms with van der Waals surface area (Å²) in [5.74, 6) is 0. The number of ether oxygens (including phenoxy) is 1. The lowest BCUT2D eigenvalue weighted by Gasteiger charge is -2.30. The summed E-state index contributed by atoms with van der Waals surface area (Å²) < 4.78 is 6.73. The average Bonchev–Trinajstić information content (AvgIpc) is 2.29. The summed E-state index contributed by atoms with van der Waals surface area (Å²) in [6.07, 6.45) is 0. The minimum atomic E-state index is -0.404. The van der Waals surface area contributed by atoms with Crippen molar-refractivity contribution in [2.24, 2.45) is 0 Å². The Morgan fingerprint density at radius 1 is 1.24 bits per heavy atom. The van der Waals surface area contributed by atoms with Crippen molar-refractivity contribution in [2.45, 2.75) is 0 Å². The van der Waals surface area contributed by atoms with Gasteiger partial charge in [-0.1, -0.05) is 0 Å². The van der Waals surface area contributed by atoms with Gasteiger partial charge in [-0.05, 0) is 31.9 Å². The van der Waals surface area contributed by atoms with Crippen LogP contribution in [0, 0.1) is 10.1 Å². The van der Waals surface area contributed by atoms with Crippen LogP contribution in [0.4, 0.5) is 11.4 Å². The van der Waals surface area contributed by atoms with E-state index in [-0.39, 0.29) is 5.69 Å². The van der Waals surface area contributed by atoms with Crippen molar-refractivity contribution >= 4 is 43.2 Å². The number of non-ortho nitro benzene ring substituents is 1. The number of nitro groups is 1. The minimum absolute atomic E-state index is 0.0701. The Kier molecular flexibility index (Phi) is 4.01. The molecule has 0 radical (unpaired) electrons. The predicted octanol–water partition coefficient (Wildman–Crippen LogP) is 2.96. The van der Waals surface area contributed by atoms with Crippen molar-refractivity contribution in [1.29, 1.82) is 0 Å². The van der Waals surface area contributed by atoms with E-state index in [4.69, 9.17) is 4.74 Å². The van der Waals surface area contributed by atoms with E-state index >= 15 is 0 Å². The molecule has 7 heteroatoms. The molecule has 0 aliphatic carbocycles. The molecule has 1 heterocycles. The first kappa shape index (κ1) is 12.8. The fraction of sp³-hybridized carbons (Fsp3) is 0.400. The van der Waals surface area contributed by atoms with Crippen LogP contribution in [-0.4, -0.2) is 31.2 Å². The highest BCUT2D eigenvalue weighted by Crippen LogP contribution is 2.38. The Morgan fingerprint density at radius 2 is 1.76 bits per heavy atom. The molecule has 5 nitrogen and oxygen atoms in total. The maximum atomic E-state index is 10.7. The van der Waals surface area contributed by atoms with Gasteiger partial charge in [0.15, 0.2) is 0 Å². The van der Waals surface area contributed by atoms with Crippen molar-refractivity contribution in [3.05, 3.63) is 31.2 Å². The molecule has 0 spiro atoms. The van der Waals surface area contributed by atoms with Gasteiger partial charge < -0.3 is 9.64 Å². The second kappa shape index (κ2) is 5.32. The number of nitrogens with zero attached hydrogens (tertiary/aromatic N) is 2. The molecular formula is C10H10Br2N2O3. The molecule has 1 aromatic rings. The monoisotopic (exact) mass is 364 g/mol. The molecule has 1 saturated heterocycles. The van der Waals surface area contributed by atoms with Gasteiger partial charge in [-0.15, -0.1) is 0 Å². The number of benzene rings is 1. The summed E-state index contributed by atoms with van der Waals surface area (Å²) in [6.45, 7) is 2.93. The van der Waals surface area contributed by atoms with Crippen molar-refractivity contribution < 1.29 is 9.66 Å². The van der Waals surface area contributed by atoms with Gasteiger partial charge in [-0.25, -0.2) is 0 Å². The number of morpholine rings is 1. The normalized spacial score (nSPS) is 16.0. The third-order valence-electron chi connectivity index (χ3n) is 2.54. The Morgan fingerprint density at radius 3 is 2.24 bits per heavy atom. The Bertz CT molecular complexity index is 424. The lowest BCUT2D eigenvalue weighted by Crippen LogP contribution is -2.36. The predicted molar refractivity (Wildman–Crippen MR) is 71.5 cm³/mol. The molecule has 17 heavy (non-hydrogen) atoms. The largest absolute Gasteiger partial charge is 0.378 e. The van der Waals surface area contributed by atoms with Gasteiger partial charge >= 0.3 is 0 Å². The van der Waals surface area contributed by atoms with Crippen LogP contribution >= 0.6 is 31.9 Å². The molecule has 1 fully saturated rings. The minimum Gasteiger partial charge on any atom is -0.378 e. The summed E-state index contributed by atoms with van der Waals surface area (Å²) in [5, 5.41) is 10.7. The zero-order chi connectivity index (χ0) is 12.4. The van der Waals surface area contributed by atoms with E-state index in [9.17, 15) is 10.1 Å². The third-order valence-corrected chi connectivity index (χ3v) is 3.75. The maximum Gasteiger partial charge on any atom is 0.271 e. The van der Waals surface area contributed by atoms with E-state index in [0.29, 0.717) is 13.2 Å². The standard InChI is InChI=1S/C10H10Br2N2O3/c11-8-5-7(14(15)16)6-9(12)10(8)13-1-3-17-4-2-13/h5-6H,1-4H2. The summed E-state index contributed by atoms with van der Waals surface area (Å²) in [6, 6.07) is 3.05. The van der Waals surface area contributed by atoms with Crippen molar-refractivity contribution in [2.75, 3.05) is 31.2 Å². The smallest absolute Gasteiger partial charge is 0.271 e. The van der Waals surface area contributed by atoms with Crippen LogP contribution < -0.4 is 4.90 Å². The molecule has 92 valence electrons. The molecule has 0 N–H and O–H groups in total. The fourth-order valence-electron chi connectivity index (χ4n) is 1.75. The van der Waals surface area contributed by atoms with E-state index in [1.807, 2.05) is 0 Å². The molecule has 0 aromatic heterocycles. The SMILES string of the molecule is O=[N+]([O-])c1cc(Br)c(N2CCOCC2)c(Br)c1. The highest BCUT2D eigenvalue weighted by molar-refractivity contribution is 9.11. The van der Waals surface area contributed by atoms with Crippen LogP contribution in [0.5, 0.6) is 0 Å². The van der Waals surface area contributed by atoms with Gasteiger partial charge in [-0.2, -0.15) is 0 Å². The molecule has 0 bridgehead atoms. The van der Waals surface area contributed by atoms with Gasteiger partial charge in [0.2, 0.25) is 0 Å². The summed E-state index contributed by atoms with van der Waals surface area (Å²) in [7, 11) is 0. The number of hydrogen-bond acceptors (Lipinski definition) is 4. The van der Waals surface area contributed by atoms with Crippen LogP contribution in [-0.2, 0) is 4.74 Å². The van der Waals surface area contributed by atoms with Gasteiger partial charge in [0.05, 0.1) is 23.8 Å². The topological polar surface area (TPSA) is 55.6 Å². The van der Waals surface area contributed by atoms with E-state index in [2.05, 4.69) is 36.8 Å². The van der Waals surface area contributed by atoms with Gasteiger partial charge in [0.25, 0.3) is 5.69 Å². The molecule has 0 unspecified atom stereocenters. The van der Waals surface area contributed by atoms with Gasteiger partial charge in [0, 0.05) is 34.2 Å². The molecule has 0 saturated carbocycles. The number of hydrogen-bond donors (Lipinski definition) is 0. The quantitative estimate of drug-likeness (QED) is 0.597. The number of anilines is 1. The Balaban J connectivity index is 2.37. The molecule has 1 aromatic carbocycles. The number of halogens is 2. The van der Waals surface area contributed by atoms with Crippen molar-refractivity contribution in [1.82, 2.24) is 0 Å². The maximum absolute atomic E-state index is 10.7. The average molecular weight is 366 g/mol. The van der Waals surface area contributed by atoms with E-state index in [0.717, 1.165) is 27.7 Å². The first-order chi connectivity index (χ1) is 8.09. The van der Waals surface area contributed by atoms with Crippen LogP contribution in [0.3, 0.4) is 0 Å². The fourth-order valence-corrected chi connectivity index (χ4v) is 3.41. The molecule has 0 atom stereocenters. The third kappa shape index (κ3) is 2.78. The highest BCUT2D eigenvalue weighted by Gasteiger charge is 2.20. The second-order valence-corrected chi connectivity index (χ2v) is 5.32. The summed E-state index contributed by atoms with van der Waals surface area (Å²) >= 11 is 6.77. The van der Waals surface area contributed by atoms with E-state index in [1.54, 1.807) is 0 Å². The van der Waals surface area contributed by atoms with Crippen molar-refractivity contribution in [3.8, 4) is 0 Å². The molecular weight excluding hydrogens is 356 g/mol. The molecule has 1 aliphatic heterocycles. The molecule has 2 rings (SSSR count). The van der Waals surface area contributed by atoms with Gasteiger partial charge in [-0.3, -0.25) is 10.1 Å². The van der Waals surface area contributed by atoms with Gasteiger partial charge in [0.1, 0.15) is 0 Å². The first-order valence-electron chi connectivity index (χ1n) is 5.05. The van der Waals surface area contributed by atoms with Crippen molar-refractivity contribution in [3.63, 3.8) is 0 Å². The van der Waals surface area contributed by atoms with Crippen LogP contribution in [0.15, 0.2) is 21.1 Å². The lowest BCUT2D eigenvalue weighted by atomic mass is 10.2. The Labute approximate surface area is 115 Å². The van der Waals surface area contributed by atoms with Crippen LogP contribution in [0.25, 0.3) is 0 Å². The number of rotatable bonds is 2. The summed E-state index contributed by atoms with van der Waals surface area (Å²) in [4.78, 5) is 12.5. The molecule has 0 amide bonds. The lowest BCUT2D eigenvalue weighted by molar-refractivity contribution is -0.385. The zero-order valence-electron chi connectivity index (χ0n) is 8.86. The van der Waals surface area contributed by atoms with E-state index in [1.165, 1.54) is 12.1 Å². The number of nitro benzene ring substituents is 1. The van der Waals surface area contributed by atoms with Crippen LogP contribution in [0.1, 0.15) is 0 Å². The summed E-state index contributed by atoms with van der Waals surface area (Å²) in [5.41, 5.74) is 1.01. The highest BCUT2D eigenvalue weighted by atomic mass is 79.9. The first-order valence-corrected chi connectivity index (χ1v) is 6.64. The van der Waals surface area contributed by atoms with Crippen LogP contribution in [0.2, 0.25) is 0 Å². The zero-order valence-corrected chi connectivity index (χ0v) is 12.0. The second-order valence-electron chi connectivity index (χ2n) is 3.61. The molecule has 1 aliphatic rings. The Hall–Kier alpha value is -0.660. The van der Waals surface area contributed by atoms with E-state index < -0.39 is 4.92 Å².